The highest BCUT2D eigenvalue weighted by molar-refractivity contribution is 6.09. The first-order chi connectivity index (χ1) is 13.6. The standard InChI is InChI=1S/C18H18F3N3O5/c1-9(15(26)22-11-5-4-10(19)13(20)14(11)21)29-12(25)8-24-16(27)18(23-17(24)28)6-2-3-7-18/h4-5,9H,2-3,6-8H2,1H3,(H,22,26)(H,23,28)/t9-/m0/s1. The molecule has 0 unspecified atom stereocenters. The second kappa shape index (κ2) is 7.72. The van der Waals surface area contributed by atoms with E-state index in [2.05, 4.69) is 5.32 Å². The number of anilines is 1. The van der Waals surface area contributed by atoms with E-state index in [1.807, 2.05) is 5.32 Å². The van der Waals surface area contributed by atoms with Gasteiger partial charge in [-0.15, -0.1) is 0 Å². The number of benzene rings is 1. The van der Waals surface area contributed by atoms with E-state index < -0.39 is 65.1 Å². The van der Waals surface area contributed by atoms with Crippen LogP contribution in [0.2, 0.25) is 0 Å². The fourth-order valence-corrected chi connectivity index (χ4v) is 3.41. The number of amides is 4. The van der Waals surface area contributed by atoms with E-state index in [1.165, 1.54) is 0 Å². The Morgan fingerprint density at radius 3 is 2.52 bits per heavy atom. The maximum atomic E-state index is 13.6. The number of hydrogen-bond donors (Lipinski definition) is 2. The molecule has 2 aliphatic rings. The Labute approximate surface area is 163 Å². The molecule has 4 amide bonds. The van der Waals surface area contributed by atoms with E-state index in [1.54, 1.807) is 0 Å². The minimum Gasteiger partial charge on any atom is -0.451 e. The van der Waals surface area contributed by atoms with E-state index >= 15 is 0 Å². The lowest BCUT2D eigenvalue weighted by Crippen LogP contribution is -2.44. The van der Waals surface area contributed by atoms with Crippen LogP contribution in [0.4, 0.5) is 23.7 Å². The van der Waals surface area contributed by atoms with Gasteiger partial charge in [-0.05, 0) is 31.9 Å². The second-order valence-corrected chi connectivity index (χ2v) is 6.95. The Bertz CT molecular complexity index is 886. The Balaban J connectivity index is 1.58. The number of rotatable bonds is 5. The van der Waals surface area contributed by atoms with Gasteiger partial charge in [0.15, 0.2) is 23.6 Å². The molecule has 156 valence electrons. The van der Waals surface area contributed by atoms with Crippen LogP contribution in [0, 0.1) is 17.5 Å². The first kappa shape index (κ1) is 20.6. The van der Waals surface area contributed by atoms with Crippen molar-refractivity contribution in [2.75, 3.05) is 11.9 Å². The summed E-state index contributed by atoms with van der Waals surface area (Å²) in [6.07, 6.45) is 1.09. The number of urea groups is 1. The Kier molecular flexibility index (Phi) is 5.49. The molecule has 1 aliphatic carbocycles. The van der Waals surface area contributed by atoms with Crippen LogP contribution in [0.5, 0.6) is 0 Å². The number of carbonyl (C=O) groups excluding carboxylic acids is 4. The summed E-state index contributed by atoms with van der Waals surface area (Å²) in [6, 6.07) is 0.727. The van der Waals surface area contributed by atoms with Crippen molar-refractivity contribution in [2.45, 2.75) is 44.2 Å². The number of ether oxygens (including phenoxy) is 1. The van der Waals surface area contributed by atoms with E-state index in [0.717, 1.165) is 30.7 Å². The van der Waals surface area contributed by atoms with Crippen molar-refractivity contribution in [1.82, 2.24) is 10.2 Å². The average Bonchev–Trinajstić information content (AvgIpc) is 3.23. The lowest BCUT2D eigenvalue weighted by atomic mass is 9.98. The molecule has 8 nitrogen and oxygen atoms in total. The summed E-state index contributed by atoms with van der Waals surface area (Å²) in [7, 11) is 0. The molecule has 1 saturated heterocycles. The van der Waals surface area contributed by atoms with Crippen molar-refractivity contribution in [3.05, 3.63) is 29.6 Å². The Hall–Kier alpha value is -3.11. The monoisotopic (exact) mass is 413 g/mol. The molecule has 2 N–H and O–H groups in total. The van der Waals surface area contributed by atoms with Crippen molar-refractivity contribution >= 4 is 29.5 Å². The molecule has 1 heterocycles. The molecule has 1 aromatic carbocycles. The molecule has 2 fully saturated rings. The fourth-order valence-electron chi connectivity index (χ4n) is 3.41. The highest BCUT2D eigenvalue weighted by Gasteiger charge is 2.52. The number of nitrogens with zero attached hydrogens (tertiary/aromatic N) is 1. The van der Waals surface area contributed by atoms with Gasteiger partial charge in [0.2, 0.25) is 0 Å². The maximum absolute atomic E-state index is 13.6. The molecular weight excluding hydrogens is 395 g/mol. The van der Waals surface area contributed by atoms with Crippen molar-refractivity contribution in [3.63, 3.8) is 0 Å². The Morgan fingerprint density at radius 1 is 1.21 bits per heavy atom. The zero-order chi connectivity index (χ0) is 21.3. The minimum atomic E-state index is -1.76. The first-order valence-electron chi connectivity index (χ1n) is 8.92. The molecule has 3 rings (SSSR count). The van der Waals surface area contributed by atoms with Crippen molar-refractivity contribution in [3.8, 4) is 0 Å². The van der Waals surface area contributed by atoms with Gasteiger partial charge >= 0.3 is 12.0 Å². The minimum absolute atomic E-state index is 0.488. The van der Waals surface area contributed by atoms with Crippen LogP contribution in [0.1, 0.15) is 32.6 Å². The smallest absolute Gasteiger partial charge is 0.327 e. The lowest BCUT2D eigenvalue weighted by Gasteiger charge is -2.20. The van der Waals surface area contributed by atoms with E-state index in [4.69, 9.17) is 4.74 Å². The zero-order valence-corrected chi connectivity index (χ0v) is 15.4. The van der Waals surface area contributed by atoms with Gasteiger partial charge in [-0.2, -0.15) is 0 Å². The summed E-state index contributed by atoms with van der Waals surface area (Å²) >= 11 is 0. The van der Waals surface area contributed by atoms with Crippen LogP contribution >= 0.6 is 0 Å². The number of hydrogen-bond acceptors (Lipinski definition) is 5. The average molecular weight is 413 g/mol. The van der Waals surface area contributed by atoms with Crippen LogP contribution in [-0.2, 0) is 19.1 Å². The van der Waals surface area contributed by atoms with Gasteiger partial charge in [0, 0.05) is 0 Å². The van der Waals surface area contributed by atoms with Crippen molar-refractivity contribution in [1.29, 1.82) is 0 Å². The number of imide groups is 1. The quantitative estimate of drug-likeness (QED) is 0.436. The highest BCUT2D eigenvalue weighted by atomic mass is 19.2. The third-order valence-electron chi connectivity index (χ3n) is 4.96. The molecule has 1 saturated carbocycles. The predicted octanol–water partition coefficient (Wildman–Crippen LogP) is 1.84. The van der Waals surface area contributed by atoms with E-state index in [9.17, 15) is 32.3 Å². The van der Waals surface area contributed by atoms with Crippen LogP contribution < -0.4 is 10.6 Å². The van der Waals surface area contributed by atoms with Crippen LogP contribution in [-0.4, -0.2) is 46.9 Å². The summed E-state index contributed by atoms with van der Waals surface area (Å²) in [4.78, 5) is 49.4. The molecule has 1 aromatic rings. The molecule has 11 heteroatoms. The van der Waals surface area contributed by atoms with Crippen molar-refractivity contribution in [2.24, 2.45) is 0 Å². The number of carbonyl (C=O) groups is 4. The molecule has 29 heavy (non-hydrogen) atoms. The van der Waals surface area contributed by atoms with Crippen molar-refractivity contribution < 1.29 is 37.1 Å². The van der Waals surface area contributed by atoms with Gasteiger partial charge in [0.1, 0.15) is 12.1 Å². The predicted molar refractivity (Wildman–Crippen MR) is 91.9 cm³/mol. The number of halogens is 3. The molecule has 1 atom stereocenters. The third kappa shape index (κ3) is 3.89. The molecule has 0 radical (unpaired) electrons. The van der Waals surface area contributed by atoms with Crippen LogP contribution in [0.15, 0.2) is 12.1 Å². The highest BCUT2D eigenvalue weighted by Crippen LogP contribution is 2.34. The molecule has 1 aliphatic heterocycles. The van der Waals surface area contributed by atoms with Gasteiger partial charge in [-0.25, -0.2) is 18.0 Å². The normalized spacial score (nSPS) is 18.7. The van der Waals surface area contributed by atoms with Gasteiger partial charge < -0.3 is 15.4 Å². The molecule has 0 bridgehead atoms. The maximum Gasteiger partial charge on any atom is 0.327 e. The van der Waals surface area contributed by atoms with Gasteiger partial charge in [-0.1, -0.05) is 12.8 Å². The van der Waals surface area contributed by atoms with Gasteiger partial charge in [-0.3, -0.25) is 19.3 Å². The Morgan fingerprint density at radius 2 is 1.86 bits per heavy atom. The summed E-state index contributed by atoms with van der Waals surface area (Å²) in [5.74, 6) is -7.33. The second-order valence-electron chi connectivity index (χ2n) is 6.95. The summed E-state index contributed by atoms with van der Waals surface area (Å²) in [5, 5.41) is 4.58. The SMILES string of the molecule is C[C@H](OC(=O)CN1C(=O)NC2(CCCC2)C1=O)C(=O)Nc1ccc(F)c(F)c1F. The lowest BCUT2D eigenvalue weighted by molar-refractivity contribution is -0.155. The van der Waals surface area contributed by atoms with E-state index in [-0.39, 0.29) is 0 Å². The molecule has 0 aromatic heterocycles. The summed E-state index contributed by atoms with van der Waals surface area (Å²) in [6.45, 7) is 0.471. The number of esters is 1. The third-order valence-corrected chi connectivity index (χ3v) is 4.96. The fraction of sp³-hybridized carbons (Fsp3) is 0.444. The van der Waals surface area contributed by atoms with Crippen LogP contribution in [0.25, 0.3) is 0 Å². The largest absolute Gasteiger partial charge is 0.451 e. The van der Waals surface area contributed by atoms with Gasteiger partial charge in [0.05, 0.1) is 5.69 Å². The van der Waals surface area contributed by atoms with Gasteiger partial charge in [0.25, 0.3) is 11.8 Å². The molecule has 1 spiro atoms. The van der Waals surface area contributed by atoms with E-state index in [0.29, 0.717) is 18.9 Å². The first-order valence-corrected chi connectivity index (χ1v) is 8.92. The summed E-state index contributed by atoms with van der Waals surface area (Å²) in [5.41, 5.74) is -1.61. The summed E-state index contributed by atoms with van der Waals surface area (Å²) < 4.78 is 44.6. The van der Waals surface area contributed by atoms with Crippen LogP contribution in [0.3, 0.4) is 0 Å². The topological polar surface area (TPSA) is 105 Å². The number of nitrogens with one attached hydrogen (secondary N) is 2. The zero-order valence-electron chi connectivity index (χ0n) is 15.4. The molecular formula is C18H18F3N3O5.